The Kier molecular flexibility index (Phi) is 75.9. The van der Waals surface area contributed by atoms with Crippen molar-refractivity contribution in [3.63, 3.8) is 0 Å². The normalized spacial score (nSPS) is 8.18. The Morgan fingerprint density at radius 3 is 0.364 bits per heavy atom. The van der Waals surface area contributed by atoms with Crippen molar-refractivity contribution >= 4 is 0 Å². The van der Waals surface area contributed by atoms with Gasteiger partial charge in [0.2, 0.25) is 0 Å². The van der Waals surface area contributed by atoms with Crippen molar-refractivity contribution in [2.75, 3.05) is 0 Å². The van der Waals surface area contributed by atoms with Crippen LogP contribution in [0.2, 0.25) is 0 Å². The maximum atomic E-state index is 9.53. The standard InChI is InChI=1S/5C3H7O.Na.Ti/c5*1-3(2)4;;/h5*3H,1-2H3;;/q5*-1;+1;+4. The van der Waals surface area contributed by atoms with Crippen molar-refractivity contribution in [3.8, 4) is 0 Å². The van der Waals surface area contributed by atoms with Gasteiger partial charge in [0.25, 0.3) is 0 Å². The van der Waals surface area contributed by atoms with Crippen LogP contribution in [0, 0.1) is 0 Å². The van der Waals surface area contributed by atoms with Gasteiger partial charge in [-0.15, -0.1) is 30.5 Å². The molecule has 0 aliphatic carbocycles. The van der Waals surface area contributed by atoms with Crippen LogP contribution >= 0.6 is 0 Å². The largest absolute Gasteiger partial charge is 4.00 e. The molecule has 0 saturated carbocycles. The molecule has 0 unspecified atom stereocenters. The van der Waals surface area contributed by atoms with Crippen molar-refractivity contribution in [1.82, 2.24) is 0 Å². The van der Waals surface area contributed by atoms with E-state index in [1.54, 1.807) is 69.2 Å². The summed E-state index contributed by atoms with van der Waals surface area (Å²) >= 11 is 0. The maximum absolute atomic E-state index is 9.53. The molecule has 0 rings (SSSR count). The van der Waals surface area contributed by atoms with Gasteiger partial charge in [0.15, 0.2) is 0 Å². The van der Waals surface area contributed by atoms with Gasteiger partial charge in [-0.25, -0.2) is 0 Å². The maximum Gasteiger partial charge on any atom is 4.00 e. The second-order valence-electron chi connectivity index (χ2n) is 5.24. The first-order valence-electron chi connectivity index (χ1n) is 6.95. The zero-order valence-electron chi connectivity index (χ0n) is 16.4. The van der Waals surface area contributed by atoms with Crippen LogP contribution in [-0.2, 0) is 21.7 Å². The Morgan fingerprint density at radius 1 is 0.364 bits per heavy atom. The Morgan fingerprint density at radius 2 is 0.364 bits per heavy atom. The molecule has 0 spiro atoms. The molecule has 0 aliphatic rings. The second kappa shape index (κ2) is 38.2. The van der Waals surface area contributed by atoms with Gasteiger partial charge < -0.3 is 25.5 Å². The van der Waals surface area contributed by atoms with Crippen molar-refractivity contribution in [2.24, 2.45) is 0 Å². The van der Waals surface area contributed by atoms with E-state index >= 15 is 0 Å². The molecule has 0 radical (unpaired) electrons. The molecule has 5 nitrogen and oxygen atoms in total. The first kappa shape index (κ1) is 43.7. The van der Waals surface area contributed by atoms with Gasteiger partial charge in [0.05, 0.1) is 0 Å². The monoisotopic (exact) mass is 366 g/mol. The van der Waals surface area contributed by atoms with Crippen LogP contribution in [-0.4, -0.2) is 30.5 Å². The Hall–Kier alpha value is 1.51. The Balaban J connectivity index is -0.0000000250. The number of hydrogen-bond donors (Lipinski definition) is 0. The minimum atomic E-state index is -0.417. The summed E-state index contributed by atoms with van der Waals surface area (Å²) in [7, 11) is 0. The van der Waals surface area contributed by atoms with E-state index in [1.165, 1.54) is 0 Å². The molecule has 0 heterocycles. The van der Waals surface area contributed by atoms with Gasteiger partial charge in [-0.2, -0.15) is 0 Å². The molecular weight excluding hydrogens is 331 g/mol. The Labute approximate surface area is 175 Å². The molecular formula is C15H35NaO5Ti. The molecule has 22 heavy (non-hydrogen) atoms. The van der Waals surface area contributed by atoms with Gasteiger partial charge in [-0.05, 0) is 0 Å². The fourth-order valence-corrected chi connectivity index (χ4v) is 0. The Bertz CT molecular complexity index is 86.5. The molecule has 0 fully saturated rings. The fraction of sp³-hybridized carbons (Fsp3) is 1.00. The van der Waals surface area contributed by atoms with Crippen LogP contribution in [0.25, 0.3) is 0 Å². The topological polar surface area (TPSA) is 115 Å². The van der Waals surface area contributed by atoms with Crippen molar-refractivity contribution in [1.29, 1.82) is 0 Å². The average Bonchev–Trinajstić information content (AvgIpc) is 1.94. The first-order chi connectivity index (χ1) is 8.66. The summed E-state index contributed by atoms with van der Waals surface area (Å²) in [5.41, 5.74) is 0. The minimum Gasteiger partial charge on any atom is -0.852 e. The number of rotatable bonds is 0. The van der Waals surface area contributed by atoms with Gasteiger partial charge in [0, 0.05) is 0 Å². The van der Waals surface area contributed by atoms with E-state index in [-0.39, 0.29) is 51.3 Å². The zero-order chi connectivity index (χ0) is 17.9. The van der Waals surface area contributed by atoms with E-state index in [9.17, 15) is 25.5 Å². The summed E-state index contributed by atoms with van der Waals surface area (Å²) in [6, 6.07) is 0. The predicted octanol–water partition coefficient (Wildman–Crippen LogP) is -4.22. The SMILES string of the molecule is CC(C)[O-].CC(C)[O-].CC(C)[O-].CC(C)[O-].CC(C)[O-].[Na+].[Ti+4]. The van der Waals surface area contributed by atoms with E-state index in [2.05, 4.69) is 0 Å². The van der Waals surface area contributed by atoms with Crippen LogP contribution in [0.5, 0.6) is 0 Å². The molecule has 0 atom stereocenters. The third-order valence-corrected chi connectivity index (χ3v) is 0. The second-order valence-corrected chi connectivity index (χ2v) is 5.24. The average molecular weight is 366 g/mol. The van der Waals surface area contributed by atoms with Crippen LogP contribution in [0.15, 0.2) is 0 Å². The van der Waals surface area contributed by atoms with Crippen LogP contribution in [0.1, 0.15) is 69.2 Å². The first-order valence-corrected chi connectivity index (χ1v) is 6.95. The van der Waals surface area contributed by atoms with E-state index in [4.69, 9.17) is 0 Å². The quantitative estimate of drug-likeness (QED) is 0.403. The summed E-state index contributed by atoms with van der Waals surface area (Å²) in [6.07, 6.45) is -2.08. The van der Waals surface area contributed by atoms with Gasteiger partial charge in [-0.3, -0.25) is 0 Å². The molecule has 0 aliphatic heterocycles. The molecule has 0 N–H and O–H groups in total. The van der Waals surface area contributed by atoms with E-state index < -0.39 is 30.5 Å². The van der Waals surface area contributed by atoms with Crippen molar-refractivity contribution in [2.45, 2.75) is 99.8 Å². The van der Waals surface area contributed by atoms with Crippen molar-refractivity contribution in [3.05, 3.63) is 0 Å². The summed E-state index contributed by atoms with van der Waals surface area (Å²) in [5, 5.41) is 47.6. The van der Waals surface area contributed by atoms with Crippen LogP contribution in [0.3, 0.4) is 0 Å². The van der Waals surface area contributed by atoms with Crippen LogP contribution < -0.4 is 55.1 Å². The molecule has 7 heteroatoms. The van der Waals surface area contributed by atoms with Gasteiger partial charge >= 0.3 is 51.3 Å². The summed E-state index contributed by atoms with van der Waals surface area (Å²) < 4.78 is 0. The summed E-state index contributed by atoms with van der Waals surface area (Å²) in [5.74, 6) is 0. The minimum absolute atomic E-state index is 0. The molecule has 130 valence electrons. The van der Waals surface area contributed by atoms with Gasteiger partial charge in [0.1, 0.15) is 0 Å². The molecule has 0 saturated heterocycles. The fourth-order valence-electron chi connectivity index (χ4n) is 0. The third-order valence-electron chi connectivity index (χ3n) is 0. The number of hydrogen-bond acceptors (Lipinski definition) is 5. The predicted molar refractivity (Wildman–Crippen MR) is 75.7 cm³/mol. The van der Waals surface area contributed by atoms with E-state index in [0.29, 0.717) is 0 Å². The third kappa shape index (κ3) is 3950. The molecule has 0 aromatic carbocycles. The van der Waals surface area contributed by atoms with Gasteiger partial charge in [-0.1, -0.05) is 69.2 Å². The van der Waals surface area contributed by atoms with Crippen LogP contribution in [0.4, 0.5) is 0 Å². The van der Waals surface area contributed by atoms with E-state index in [1.807, 2.05) is 0 Å². The van der Waals surface area contributed by atoms with E-state index in [0.717, 1.165) is 0 Å². The molecule has 0 bridgehead atoms. The molecule has 0 aromatic heterocycles. The summed E-state index contributed by atoms with van der Waals surface area (Å²) in [6.45, 7) is 16.1. The smallest absolute Gasteiger partial charge is 0.852 e. The summed E-state index contributed by atoms with van der Waals surface area (Å²) in [4.78, 5) is 0. The molecule has 0 aromatic rings. The zero-order valence-corrected chi connectivity index (χ0v) is 20.0. The van der Waals surface area contributed by atoms with Crippen molar-refractivity contribution < 1.29 is 76.8 Å². The molecule has 0 amide bonds.